The average molecular weight is 475 g/mol. The minimum absolute atomic E-state index is 0.231. The Morgan fingerprint density at radius 2 is 1.94 bits per heavy atom. The van der Waals surface area contributed by atoms with Gasteiger partial charge in [0.2, 0.25) is 0 Å². The van der Waals surface area contributed by atoms with Gasteiger partial charge in [0.1, 0.15) is 12.2 Å². The molecular formula is C27H38O7. The summed E-state index contributed by atoms with van der Waals surface area (Å²) in [4.78, 5) is 40.5. The lowest BCUT2D eigenvalue weighted by Gasteiger charge is -2.62. The molecule has 188 valence electrons. The van der Waals surface area contributed by atoms with Gasteiger partial charge in [0, 0.05) is 23.7 Å². The summed E-state index contributed by atoms with van der Waals surface area (Å²) in [5, 5.41) is 10.9. The van der Waals surface area contributed by atoms with Crippen LogP contribution < -0.4 is 0 Å². The minimum Gasteiger partial charge on any atom is -0.461 e. The number of aliphatic hydroxyl groups excluding tert-OH is 1. The minimum atomic E-state index is -1.59. The second-order valence-corrected chi connectivity index (χ2v) is 11.9. The summed E-state index contributed by atoms with van der Waals surface area (Å²) in [6.07, 6.45) is 4.45. The highest BCUT2D eigenvalue weighted by atomic mass is 16.6. The van der Waals surface area contributed by atoms with Crippen molar-refractivity contribution in [3.63, 3.8) is 0 Å². The van der Waals surface area contributed by atoms with Crippen LogP contribution in [0.2, 0.25) is 0 Å². The highest BCUT2D eigenvalue weighted by molar-refractivity contribution is 6.16. The Hall–Kier alpha value is -1.73. The number of ketones is 1. The molecule has 34 heavy (non-hydrogen) atoms. The van der Waals surface area contributed by atoms with E-state index in [9.17, 15) is 19.5 Å². The lowest BCUT2D eigenvalue weighted by molar-refractivity contribution is -0.252. The molecule has 5 rings (SSSR count). The number of ether oxygens (including phenoxy) is 3. The normalized spacial score (nSPS) is 44.2. The summed E-state index contributed by atoms with van der Waals surface area (Å²) in [7, 11) is 0. The molecule has 3 aliphatic carbocycles. The molecule has 2 spiro atoms. The summed E-state index contributed by atoms with van der Waals surface area (Å²) >= 11 is 0. The molecule has 8 atom stereocenters. The molecule has 0 aromatic carbocycles. The average Bonchev–Trinajstić information content (AvgIpc) is 3.20. The summed E-state index contributed by atoms with van der Waals surface area (Å²) in [6.45, 7) is 10.6. The zero-order valence-electron chi connectivity index (χ0n) is 20.6. The molecule has 0 aromatic heterocycles. The van der Waals surface area contributed by atoms with Gasteiger partial charge in [-0.05, 0) is 49.0 Å². The standard InChI is InChI=1S/C27H38O7/c1-5-6-7-8-9-19(28)34-22-16-10-11-17-26-14-32-23(30)20(26)25(3,4)13-12-18(26)33-24(31)27(17,22)21(29)15(16)2/h16-18,20,22-23,30H,2,5-14H2,1,3-4H3/t16-,17?,18-,20?,22-,23+,26+,27-/m0/s1. The first-order valence-electron chi connectivity index (χ1n) is 13.1. The molecule has 3 saturated carbocycles. The molecular weight excluding hydrogens is 436 g/mol. The monoisotopic (exact) mass is 474 g/mol. The number of Topliss-reactive ketones (excluding diaryl/α,β-unsaturated/α-hetero) is 1. The van der Waals surface area contributed by atoms with Gasteiger partial charge in [-0.2, -0.15) is 0 Å². The maximum absolute atomic E-state index is 13.9. The van der Waals surface area contributed by atoms with E-state index in [0.29, 0.717) is 24.8 Å². The Balaban J connectivity index is 1.54. The van der Waals surface area contributed by atoms with Crippen LogP contribution >= 0.6 is 0 Å². The van der Waals surface area contributed by atoms with Crippen LogP contribution in [0.5, 0.6) is 0 Å². The van der Waals surface area contributed by atoms with Crippen LogP contribution in [0.15, 0.2) is 12.2 Å². The number of aliphatic hydroxyl groups is 1. The van der Waals surface area contributed by atoms with E-state index in [0.717, 1.165) is 32.1 Å². The van der Waals surface area contributed by atoms with E-state index in [1.807, 2.05) is 0 Å². The van der Waals surface area contributed by atoms with Crippen molar-refractivity contribution in [1.82, 2.24) is 0 Å². The topological polar surface area (TPSA) is 99.1 Å². The molecule has 2 unspecified atom stereocenters. The third-order valence-corrected chi connectivity index (χ3v) is 9.83. The number of hydrogen-bond donors (Lipinski definition) is 1. The smallest absolute Gasteiger partial charge is 0.324 e. The molecule has 0 aromatic rings. The van der Waals surface area contributed by atoms with Gasteiger partial charge < -0.3 is 19.3 Å². The van der Waals surface area contributed by atoms with Gasteiger partial charge in [-0.25, -0.2) is 0 Å². The van der Waals surface area contributed by atoms with Gasteiger partial charge >= 0.3 is 11.9 Å². The zero-order valence-corrected chi connectivity index (χ0v) is 20.6. The Labute approximate surface area is 201 Å². The molecule has 5 aliphatic rings. The molecule has 5 fully saturated rings. The lowest BCUT2D eigenvalue weighted by Crippen LogP contribution is -2.71. The summed E-state index contributed by atoms with van der Waals surface area (Å²) in [6, 6.07) is 0. The number of carbonyl (C=O) groups excluding carboxylic acids is 3. The van der Waals surface area contributed by atoms with Gasteiger partial charge in [0.15, 0.2) is 17.5 Å². The first-order valence-corrected chi connectivity index (χ1v) is 13.1. The van der Waals surface area contributed by atoms with Crippen molar-refractivity contribution >= 4 is 17.7 Å². The largest absolute Gasteiger partial charge is 0.461 e. The second-order valence-electron chi connectivity index (χ2n) is 11.9. The highest BCUT2D eigenvalue weighted by Crippen LogP contribution is 2.71. The van der Waals surface area contributed by atoms with E-state index in [1.165, 1.54) is 0 Å². The molecule has 2 saturated heterocycles. The van der Waals surface area contributed by atoms with Gasteiger partial charge in [0.25, 0.3) is 0 Å². The number of esters is 2. The van der Waals surface area contributed by atoms with Gasteiger partial charge in [-0.15, -0.1) is 0 Å². The molecule has 0 amide bonds. The Morgan fingerprint density at radius 1 is 1.18 bits per heavy atom. The molecule has 7 nitrogen and oxygen atoms in total. The Morgan fingerprint density at radius 3 is 2.68 bits per heavy atom. The van der Waals surface area contributed by atoms with E-state index >= 15 is 0 Å². The lowest BCUT2D eigenvalue weighted by atomic mass is 9.43. The number of carbonyl (C=O) groups is 3. The van der Waals surface area contributed by atoms with Crippen molar-refractivity contribution in [3.05, 3.63) is 12.2 Å². The summed E-state index contributed by atoms with van der Waals surface area (Å²) < 4.78 is 18.0. The molecule has 2 bridgehead atoms. The second kappa shape index (κ2) is 8.16. The van der Waals surface area contributed by atoms with Crippen molar-refractivity contribution < 1.29 is 33.7 Å². The first kappa shape index (κ1) is 24.0. The van der Waals surface area contributed by atoms with Crippen molar-refractivity contribution in [2.45, 2.75) is 97.1 Å². The van der Waals surface area contributed by atoms with E-state index in [-0.39, 0.29) is 42.0 Å². The van der Waals surface area contributed by atoms with Crippen LogP contribution in [0.4, 0.5) is 0 Å². The summed E-state index contributed by atoms with van der Waals surface area (Å²) in [5.41, 5.74) is -2.16. The number of unbranched alkanes of at least 4 members (excludes halogenated alkanes) is 3. The van der Waals surface area contributed by atoms with Gasteiger partial charge in [-0.1, -0.05) is 46.6 Å². The van der Waals surface area contributed by atoms with Crippen molar-refractivity contribution in [2.24, 2.45) is 34.0 Å². The highest BCUT2D eigenvalue weighted by Gasteiger charge is 2.81. The third kappa shape index (κ3) is 2.98. The van der Waals surface area contributed by atoms with E-state index in [1.54, 1.807) is 0 Å². The first-order chi connectivity index (χ1) is 16.1. The van der Waals surface area contributed by atoms with Gasteiger partial charge in [-0.3, -0.25) is 14.4 Å². The van der Waals surface area contributed by atoms with Crippen molar-refractivity contribution in [2.75, 3.05) is 6.61 Å². The van der Waals surface area contributed by atoms with E-state index in [4.69, 9.17) is 14.2 Å². The van der Waals surface area contributed by atoms with E-state index in [2.05, 4.69) is 27.4 Å². The fourth-order valence-corrected chi connectivity index (χ4v) is 8.39. The number of hydrogen-bond acceptors (Lipinski definition) is 7. The van der Waals surface area contributed by atoms with Crippen LogP contribution in [0.1, 0.15) is 78.6 Å². The SMILES string of the molecule is C=C1C(=O)[C@@]23C(=O)O[C@H]4CCC(C)(C)C5[C@H](O)OC[C@]54C2CC[C@@H]1[C@@H]3OC(=O)CCCCCC. The Bertz CT molecular complexity index is 909. The van der Waals surface area contributed by atoms with Crippen LogP contribution in [0.3, 0.4) is 0 Å². The van der Waals surface area contributed by atoms with Crippen molar-refractivity contribution in [1.29, 1.82) is 0 Å². The summed E-state index contributed by atoms with van der Waals surface area (Å²) in [5.74, 6) is -2.36. The molecule has 2 heterocycles. The van der Waals surface area contributed by atoms with Crippen LogP contribution in [0, 0.1) is 34.0 Å². The van der Waals surface area contributed by atoms with Crippen LogP contribution in [-0.2, 0) is 28.6 Å². The fraction of sp³-hybridized carbons (Fsp3) is 0.815. The van der Waals surface area contributed by atoms with Crippen LogP contribution in [-0.4, -0.2) is 47.9 Å². The zero-order chi connectivity index (χ0) is 24.5. The van der Waals surface area contributed by atoms with E-state index < -0.39 is 41.2 Å². The molecule has 7 heteroatoms. The number of fused-ring (bicyclic) bond motifs is 1. The predicted octanol–water partition coefficient (Wildman–Crippen LogP) is 3.72. The van der Waals surface area contributed by atoms with Crippen molar-refractivity contribution in [3.8, 4) is 0 Å². The third-order valence-electron chi connectivity index (χ3n) is 9.83. The maximum Gasteiger partial charge on any atom is 0.324 e. The maximum atomic E-state index is 13.9. The molecule has 1 N–H and O–H groups in total. The Kier molecular flexibility index (Phi) is 5.75. The number of rotatable bonds is 6. The molecule has 0 radical (unpaired) electrons. The van der Waals surface area contributed by atoms with Gasteiger partial charge in [0.05, 0.1) is 6.61 Å². The molecule has 2 aliphatic heterocycles. The van der Waals surface area contributed by atoms with Crippen LogP contribution in [0.25, 0.3) is 0 Å². The fourth-order valence-electron chi connectivity index (χ4n) is 8.39. The quantitative estimate of drug-likeness (QED) is 0.271. The predicted molar refractivity (Wildman–Crippen MR) is 122 cm³/mol.